The largest absolute Gasteiger partial charge is 0.345 e. The molecule has 0 spiro atoms. The van der Waals surface area contributed by atoms with Crippen LogP contribution in [0.25, 0.3) is 11.0 Å². The maximum Gasteiger partial charge on any atom is 0.242 e. The summed E-state index contributed by atoms with van der Waals surface area (Å²) >= 11 is 0. The molecule has 2 aromatic rings. The van der Waals surface area contributed by atoms with Crippen molar-refractivity contribution in [2.24, 2.45) is 5.41 Å². The summed E-state index contributed by atoms with van der Waals surface area (Å²) in [6, 6.07) is 3.50. The molecule has 2 aromatic heterocycles. The molecule has 1 saturated heterocycles. The lowest BCUT2D eigenvalue weighted by Crippen LogP contribution is -2.45. The molecule has 22 heavy (non-hydrogen) atoms. The zero-order chi connectivity index (χ0) is 14.9. The van der Waals surface area contributed by atoms with Gasteiger partial charge in [-0.15, -0.1) is 12.4 Å². The summed E-state index contributed by atoms with van der Waals surface area (Å²) in [5.74, 6) is 0. The molecule has 0 bridgehead atoms. The molecular weight excluding hydrogens is 324 g/mol. The third-order valence-corrected chi connectivity index (χ3v) is 5.52. The Hall–Kier alpha value is -1.15. The number of hydrogen-bond acceptors (Lipinski definition) is 4. The number of H-pyrrole nitrogens is 1. The van der Waals surface area contributed by atoms with Crippen molar-refractivity contribution in [2.75, 3.05) is 19.6 Å². The van der Waals surface area contributed by atoms with E-state index < -0.39 is 10.0 Å². The van der Waals surface area contributed by atoms with Gasteiger partial charge < -0.3 is 10.3 Å². The maximum atomic E-state index is 12.5. The van der Waals surface area contributed by atoms with Crippen LogP contribution in [0.15, 0.2) is 29.4 Å². The van der Waals surface area contributed by atoms with E-state index in [0.29, 0.717) is 17.6 Å². The van der Waals surface area contributed by atoms with Gasteiger partial charge in [-0.25, -0.2) is 18.1 Å². The van der Waals surface area contributed by atoms with Crippen LogP contribution in [-0.4, -0.2) is 38.0 Å². The van der Waals surface area contributed by atoms with E-state index in [2.05, 4.69) is 26.9 Å². The van der Waals surface area contributed by atoms with Crippen LogP contribution in [0.1, 0.15) is 19.8 Å². The Balaban J connectivity index is 0.00000176. The average Bonchev–Trinajstić information content (AvgIpc) is 2.91. The third-order valence-electron chi connectivity index (χ3n) is 4.08. The van der Waals surface area contributed by atoms with E-state index in [1.165, 1.54) is 6.20 Å². The molecule has 0 aromatic carbocycles. The Bertz CT molecular complexity index is 738. The van der Waals surface area contributed by atoms with Crippen LogP contribution in [0, 0.1) is 5.41 Å². The molecule has 1 unspecified atom stereocenters. The van der Waals surface area contributed by atoms with Crippen LogP contribution >= 0.6 is 12.4 Å². The molecule has 0 radical (unpaired) electrons. The minimum absolute atomic E-state index is 0. The van der Waals surface area contributed by atoms with Gasteiger partial charge in [0.15, 0.2) is 0 Å². The normalized spacial score (nSPS) is 22.4. The Morgan fingerprint density at radius 2 is 2.27 bits per heavy atom. The Morgan fingerprint density at radius 1 is 1.45 bits per heavy atom. The maximum absolute atomic E-state index is 12.5. The van der Waals surface area contributed by atoms with Crippen LogP contribution < -0.4 is 10.0 Å². The highest BCUT2D eigenvalue weighted by atomic mass is 35.5. The average molecular weight is 345 g/mol. The van der Waals surface area contributed by atoms with E-state index in [1.807, 2.05) is 0 Å². The van der Waals surface area contributed by atoms with Crippen LogP contribution in [0.2, 0.25) is 0 Å². The second-order valence-corrected chi connectivity index (χ2v) is 7.70. The summed E-state index contributed by atoms with van der Waals surface area (Å²) in [6.45, 7) is 4.40. The number of nitrogens with zero attached hydrogens (tertiary/aromatic N) is 1. The van der Waals surface area contributed by atoms with Crippen LogP contribution in [0.5, 0.6) is 0 Å². The molecular formula is C14H21ClN4O2S. The highest BCUT2D eigenvalue weighted by Crippen LogP contribution is 2.26. The van der Waals surface area contributed by atoms with Crippen LogP contribution in [0.3, 0.4) is 0 Å². The van der Waals surface area contributed by atoms with Gasteiger partial charge in [0.1, 0.15) is 10.5 Å². The van der Waals surface area contributed by atoms with Crippen molar-refractivity contribution in [1.82, 2.24) is 20.0 Å². The molecule has 3 rings (SSSR count). The fourth-order valence-electron chi connectivity index (χ4n) is 2.77. The zero-order valence-electron chi connectivity index (χ0n) is 12.4. The van der Waals surface area contributed by atoms with Gasteiger partial charge in [-0.2, -0.15) is 0 Å². The van der Waals surface area contributed by atoms with Gasteiger partial charge in [0.25, 0.3) is 0 Å². The lowest BCUT2D eigenvalue weighted by Gasteiger charge is -2.34. The van der Waals surface area contributed by atoms with Crippen molar-refractivity contribution in [3.63, 3.8) is 0 Å². The quantitative estimate of drug-likeness (QED) is 0.787. The van der Waals surface area contributed by atoms with Gasteiger partial charge >= 0.3 is 0 Å². The number of nitrogens with one attached hydrogen (secondary N) is 3. The van der Waals surface area contributed by atoms with Crippen molar-refractivity contribution >= 4 is 33.5 Å². The van der Waals surface area contributed by atoms with Gasteiger partial charge in [0.05, 0.1) is 0 Å². The topological polar surface area (TPSA) is 86.9 Å². The highest BCUT2D eigenvalue weighted by molar-refractivity contribution is 7.89. The number of hydrogen-bond donors (Lipinski definition) is 3. The van der Waals surface area contributed by atoms with Gasteiger partial charge in [0.2, 0.25) is 10.0 Å². The summed E-state index contributed by atoms with van der Waals surface area (Å²) < 4.78 is 27.8. The monoisotopic (exact) mass is 344 g/mol. The number of fused-ring (bicyclic) bond motifs is 1. The molecule has 0 amide bonds. The van der Waals surface area contributed by atoms with E-state index in [4.69, 9.17) is 0 Å². The summed E-state index contributed by atoms with van der Waals surface area (Å²) in [4.78, 5) is 7.28. The summed E-state index contributed by atoms with van der Waals surface area (Å²) in [7, 11) is -3.53. The first kappa shape index (κ1) is 17.2. The minimum atomic E-state index is -3.53. The molecule has 1 aliphatic rings. The predicted molar refractivity (Wildman–Crippen MR) is 88.7 cm³/mol. The summed E-state index contributed by atoms with van der Waals surface area (Å²) in [5, 5.41) is 3.95. The SMILES string of the molecule is CC1(CNS(=O)(=O)c2c[nH]c3ncccc23)CCCNC1.Cl. The summed E-state index contributed by atoms with van der Waals surface area (Å²) in [6.07, 6.45) is 5.24. The van der Waals surface area contributed by atoms with E-state index in [-0.39, 0.29) is 22.7 Å². The molecule has 1 aliphatic heterocycles. The van der Waals surface area contributed by atoms with Gasteiger partial charge in [-0.1, -0.05) is 6.92 Å². The van der Waals surface area contributed by atoms with Crippen molar-refractivity contribution in [1.29, 1.82) is 0 Å². The highest BCUT2D eigenvalue weighted by Gasteiger charge is 2.29. The van der Waals surface area contributed by atoms with Crippen LogP contribution in [0.4, 0.5) is 0 Å². The Morgan fingerprint density at radius 3 is 3.00 bits per heavy atom. The number of sulfonamides is 1. The van der Waals surface area contributed by atoms with Crippen molar-refractivity contribution in [2.45, 2.75) is 24.7 Å². The molecule has 3 N–H and O–H groups in total. The predicted octanol–water partition coefficient (Wildman–Crippen LogP) is 1.65. The van der Waals surface area contributed by atoms with E-state index in [0.717, 1.165) is 25.9 Å². The minimum Gasteiger partial charge on any atom is -0.345 e. The molecule has 6 nitrogen and oxygen atoms in total. The van der Waals surface area contributed by atoms with Crippen molar-refractivity contribution in [3.8, 4) is 0 Å². The molecule has 1 atom stereocenters. The first-order chi connectivity index (χ1) is 10.0. The van der Waals surface area contributed by atoms with E-state index in [1.54, 1.807) is 18.3 Å². The van der Waals surface area contributed by atoms with Crippen LogP contribution in [-0.2, 0) is 10.0 Å². The fraction of sp³-hybridized carbons (Fsp3) is 0.500. The van der Waals surface area contributed by atoms with E-state index in [9.17, 15) is 8.42 Å². The number of aromatic nitrogens is 2. The van der Waals surface area contributed by atoms with Gasteiger partial charge in [-0.3, -0.25) is 0 Å². The summed E-state index contributed by atoms with van der Waals surface area (Å²) in [5.41, 5.74) is 0.554. The molecule has 0 saturated carbocycles. The second-order valence-electron chi connectivity index (χ2n) is 5.97. The Kier molecular flexibility index (Phi) is 5.11. The van der Waals surface area contributed by atoms with Gasteiger partial charge in [-0.05, 0) is 36.9 Å². The molecule has 8 heteroatoms. The molecule has 0 aliphatic carbocycles. The third kappa shape index (κ3) is 3.43. The molecule has 1 fully saturated rings. The first-order valence-electron chi connectivity index (χ1n) is 7.13. The number of rotatable bonds is 4. The van der Waals surface area contributed by atoms with Crippen molar-refractivity contribution in [3.05, 3.63) is 24.5 Å². The first-order valence-corrected chi connectivity index (χ1v) is 8.61. The number of piperidine rings is 1. The number of halogens is 1. The second kappa shape index (κ2) is 6.54. The number of pyridine rings is 1. The lowest BCUT2D eigenvalue weighted by molar-refractivity contribution is 0.238. The standard InChI is InChI=1S/C14H20N4O2S.ClH/c1-14(5-3-6-15-9-14)10-18-21(19,20)12-8-17-13-11(12)4-2-7-16-13;/h2,4,7-8,15,18H,3,5-6,9-10H2,1H3,(H,16,17);1H. The van der Waals surface area contributed by atoms with Gasteiger partial charge in [0, 0.05) is 30.9 Å². The van der Waals surface area contributed by atoms with Crippen molar-refractivity contribution < 1.29 is 8.42 Å². The Labute approximate surface area is 136 Å². The smallest absolute Gasteiger partial charge is 0.242 e. The fourth-order valence-corrected chi connectivity index (χ4v) is 4.13. The molecule has 3 heterocycles. The molecule has 122 valence electrons. The van der Waals surface area contributed by atoms with E-state index >= 15 is 0 Å². The zero-order valence-corrected chi connectivity index (χ0v) is 14.1. The number of aromatic amines is 1. The lowest BCUT2D eigenvalue weighted by atomic mass is 9.83.